The summed E-state index contributed by atoms with van der Waals surface area (Å²) < 4.78 is 4.91. The zero-order valence-electron chi connectivity index (χ0n) is 9.89. The molecule has 15 heavy (non-hydrogen) atoms. The van der Waals surface area contributed by atoms with Gasteiger partial charge >= 0.3 is 0 Å². The van der Waals surface area contributed by atoms with E-state index in [4.69, 9.17) is 16.5 Å². The van der Waals surface area contributed by atoms with Crippen LogP contribution >= 0.6 is 11.8 Å². The highest BCUT2D eigenvalue weighted by Crippen LogP contribution is 2.28. The second kappa shape index (κ2) is 6.43. The molecule has 0 aliphatic carbocycles. The summed E-state index contributed by atoms with van der Waals surface area (Å²) in [7, 11) is 1.64. The van der Waals surface area contributed by atoms with Crippen molar-refractivity contribution in [2.75, 3.05) is 26.8 Å². The fourth-order valence-corrected chi connectivity index (χ4v) is 1.54. The molecule has 0 amide bonds. The fraction of sp³-hybridized carbons (Fsp3) is 0.900. The van der Waals surface area contributed by atoms with Crippen LogP contribution in [0.15, 0.2) is 0 Å². The topological polar surface area (TPSA) is 50.4 Å². The molecule has 0 bridgehead atoms. The van der Waals surface area contributed by atoms with Gasteiger partial charge in [-0.15, -0.1) is 0 Å². The number of carbonyl (C=O) groups excluding carboxylic acids is 1. The van der Waals surface area contributed by atoms with E-state index in [1.165, 1.54) is 0 Å². The van der Waals surface area contributed by atoms with Crippen molar-refractivity contribution >= 4 is 18.1 Å². The van der Waals surface area contributed by atoms with Gasteiger partial charge in [-0.3, -0.25) is 0 Å². The molecule has 1 atom stereocenters. The molecule has 0 aliphatic heterocycles. The predicted molar refractivity (Wildman–Crippen MR) is 62.0 cm³/mol. The van der Waals surface area contributed by atoms with Crippen LogP contribution < -0.4 is 10.2 Å². The summed E-state index contributed by atoms with van der Waals surface area (Å²) in [5.41, 5.74) is -1.02. The second-order valence-electron chi connectivity index (χ2n) is 4.60. The van der Waals surface area contributed by atoms with Crippen molar-refractivity contribution in [2.24, 2.45) is 5.41 Å². The second-order valence-corrected chi connectivity index (χ2v) is 4.79. The molecule has 0 radical (unpaired) electrons. The Morgan fingerprint density at radius 1 is 1.40 bits per heavy atom. The maximum absolute atomic E-state index is 11.2. The van der Waals surface area contributed by atoms with E-state index >= 15 is 0 Å². The third-order valence-corrected chi connectivity index (χ3v) is 2.93. The zero-order valence-corrected chi connectivity index (χ0v) is 10.6. The van der Waals surface area contributed by atoms with Gasteiger partial charge in [0.05, 0.1) is 6.61 Å². The highest BCUT2D eigenvalue weighted by molar-refractivity contribution is 6.15. The molecule has 0 saturated carbocycles. The number of aldehydes is 1. The summed E-state index contributed by atoms with van der Waals surface area (Å²) >= 11 is 5.67. The normalized spacial score (nSPS) is 16.1. The maximum Gasteiger partial charge on any atom is 0.143 e. The molecule has 0 saturated heterocycles. The quantitative estimate of drug-likeness (QED) is 0.393. The molecule has 0 unspecified atom stereocenters. The van der Waals surface area contributed by atoms with Gasteiger partial charge in [0.25, 0.3) is 0 Å². The molecule has 0 fully saturated rings. The summed E-state index contributed by atoms with van der Waals surface area (Å²) in [5.74, 6) is 0. The Hall–Kier alpha value is -0.160. The minimum absolute atomic E-state index is 0.253. The van der Waals surface area contributed by atoms with Gasteiger partial charge < -0.3 is 14.8 Å². The molecule has 4 nitrogen and oxygen atoms in total. The Morgan fingerprint density at radius 3 is 2.33 bits per heavy atom. The Morgan fingerprint density at radius 2 is 2.00 bits per heavy atom. The van der Waals surface area contributed by atoms with Crippen molar-refractivity contribution < 1.29 is 9.53 Å². The molecular formula is C10H21ClN2O2. The van der Waals surface area contributed by atoms with Crippen molar-refractivity contribution in [1.82, 2.24) is 10.2 Å². The standard InChI is InChI=1S/C10H21ClN2O2/c1-9(2,3)10(8-14,13-11)7-12-5-6-15-4/h8,12-13H,5-7H2,1-4H3/t10-/m0/s1. The van der Waals surface area contributed by atoms with E-state index in [0.717, 1.165) is 6.29 Å². The summed E-state index contributed by atoms with van der Waals surface area (Å²) in [6.45, 7) is 7.69. The molecule has 0 aromatic heterocycles. The van der Waals surface area contributed by atoms with Crippen LogP contribution in [0.5, 0.6) is 0 Å². The van der Waals surface area contributed by atoms with E-state index in [1.54, 1.807) is 7.11 Å². The fourth-order valence-electron chi connectivity index (χ4n) is 1.14. The molecule has 2 N–H and O–H groups in total. The molecule has 0 spiro atoms. The first-order valence-corrected chi connectivity index (χ1v) is 5.35. The van der Waals surface area contributed by atoms with Crippen LogP contribution in [0.1, 0.15) is 20.8 Å². The maximum atomic E-state index is 11.2. The van der Waals surface area contributed by atoms with E-state index in [2.05, 4.69) is 10.2 Å². The predicted octanol–water partition coefficient (Wildman–Crippen LogP) is 0.950. The number of ether oxygens (including phenoxy) is 1. The van der Waals surface area contributed by atoms with E-state index in [0.29, 0.717) is 19.7 Å². The van der Waals surface area contributed by atoms with Crippen molar-refractivity contribution in [2.45, 2.75) is 26.3 Å². The van der Waals surface area contributed by atoms with Crippen LogP contribution in [0.4, 0.5) is 0 Å². The Kier molecular flexibility index (Phi) is 6.36. The van der Waals surface area contributed by atoms with Crippen LogP contribution in [0.2, 0.25) is 0 Å². The van der Waals surface area contributed by atoms with Crippen LogP contribution in [-0.4, -0.2) is 38.6 Å². The first kappa shape index (κ1) is 14.8. The van der Waals surface area contributed by atoms with Crippen LogP contribution in [0.25, 0.3) is 0 Å². The highest BCUT2D eigenvalue weighted by Gasteiger charge is 2.41. The summed E-state index contributed by atoms with van der Waals surface area (Å²) in [6, 6.07) is 0. The van der Waals surface area contributed by atoms with Gasteiger partial charge in [-0.2, -0.15) is 0 Å². The Bertz CT molecular complexity index is 194. The third-order valence-electron chi connectivity index (χ3n) is 2.59. The molecule has 0 aromatic rings. The van der Waals surface area contributed by atoms with Gasteiger partial charge in [-0.05, 0) is 17.2 Å². The smallest absolute Gasteiger partial charge is 0.143 e. The first-order valence-electron chi connectivity index (χ1n) is 4.97. The molecule has 90 valence electrons. The van der Waals surface area contributed by atoms with Gasteiger partial charge in [-0.25, -0.2) is 4.84 Å². The van der Waals surface area contributed by atoms with Gasteiger partial charge in [-0.1, -0.05) is 20.8 Å². The monoisotopic (exact) mass is 236 g/mol. The molecule has 0 rings (SSSR count). The number of hydrogen-bond acceptors (Lipinski definition) is 4. The van der Waals surface area contributed by atoms with Crippen molar-refractivity contribution in [3.63, 3.8) is 0 Å². The first-order chi connectivity index (χ1) is 6.93. The van der Waals surface area contributed by atoms with Crippen molar-refractivity contribution in [3.05, 3.63) is 0 Å². The minimum Gasteiger partial charge on any atom is -0.383 e. The molecular weight excluding hydrogens is 216 g/mol. The van der Waals surface area contributed by atoms with E-state index in [1.807, 2.05) is 20.8 Å². The molecule has 0 aromatic carbocycles. The lowest BCUT2D eigenvalue weighted by molar-refractivity contribution is -0.116. The number of rotatable bonds is 7. The van der Waals surface area contributed by atoms with E-state index < -0.39 is 5.54 Å². The zero-order chi connectivity index (χ0) is 11.9. The molecule has 0 aliphatic rings. The Balaban J connectivity index is 4.33. The summed E-state index contributed by atoms with van der Waals surface area (Å²) in [4.78, 5) is 13.7. The molecule has 0 heterocycles. The van der Waals surface area contributed by atoms with E-state index in [-0.39, 0.29) is 5.41 Å². The highest BCUT2D eigenvalue weighted by atomic mass is 35.5. The van der Waals surface area contributed by atoms with Crippen LogP contribution in [-0.2, 0) is 9.53 Å². The SMILES string of the molecule is COCCNC[C@@](C=O)(NCl)C(C)(C)C. The largest absolute Gasteiger partial charge is 0.383 e. The lowest BCUT2D eigenvalue weighted by Crippen LogP contribution is -2.59. The lowest BCUT2D eigenvalue weighted by Gasteiger charge is -2.39. The average Bonchev–Trinajstić information content (AvgIpc) is 2.17. The number of carbonyl (C=O) groups is 1. The van der Waals surface area contributed by atoms with Crippen LogP contribution in [0.3, 0.4) is 0 Å². The van der Waals surface area contributed by atoms with Crippen molar-refractivity contribution in [1.29, 1.82) is 0 Å². The van der Waals surface area contributed by atoms with Gasteiger partial charge in [0, 0.05) is 20.2 Å². The average molecular weight is 237 g/mol. The number of nitrogens with one attached hydrogen (secondary N) is 2. The van der Waals surface area contributed by atoms with Gasteiger partial charge in [0.15, 0.2) is 0 Å². The minimum atomic E-state index is -0.762. The number of methoxy groups -OCH3 is 1. The number of hydrogen-bond donors (Lipinski definition) is 2. The van der Waals surface area contributed by atoms with E-state index in [9.17, 15) is 4.79 Å². The van der Waals surface area contributed by atoms with Crippen molar-refractivity contribution in [3.8, 4) is 0 Å². The third kappa shape index (κ3) is 4.07. The summed E-state index contributed by atoms with van der Waals surface area (Å²) in [6.07, 6.45) is 0.861. The Labute approximate surface area is 96.8 Å². The van der Waals surface area contributed by atoms with Gasteiger partial charge in [0.1, 0.15) is 11.8 Å². The van der Waals surface area contributed by atoms with Gasteiger partial charge in [0.2, 0.25) is 0 Å². The summed E-state index contributed by atoms with van der Waals surface area (Å²) in [5, 5.41) is 3.13. The lowest BCUT2D eigenvalue weighted by atomic mass is 9.75. The number of halogens is 1. The van der Waals surface area contributed by atoms with Crippen LogP contribution in [0, 0.1) is 5.41 Å². The molecule has 5 heteroatoms.